The largest absolute Gasteiger partial charge is 0.479 e. The van der Waals surface area contributed by atoms with Gasteiger partial charge in [0.25, 0.3) is 17.4 Å². The number of benzene rings is 1. The van der Waals surface area contributed by atoms with Crippen LogP contribution in [0.1, 0.15) is 17.4 Å². The molecule has 0 aliphatic carbocycles. The van der Waals surface area contributed by atoms with Gasteiger partial charge in [-0.3, -0.25) is 14.4 Å². The number of hydrogen-bond donors (Lipinski definition) is 2. The average molecular weight is 314 g/mol. The molecule has 0 fully saturated rings. The van der Waals surface area contributed by atoms with E-state index in [2.05, 4.69) is 15.5 Å². The Bertz CT molecular complexity index is 825. The minimum Gasteiger partial charge on any atom is -0.479 e. The molecule has 1 aliphatic heterocycles. The van der Waals surface area contributed by atoms with E-state index in [0.29, 0.717) is 17.1 Å². The minimum absolute atomic E-state index is 0.0802. The van der Waals surface area contributed by atoms with Crippen LogP contribution < -0.4 is 20.5 Å². The Labute approximate surface area is 131 Å². The number of carbonyl (C=O) groups excluding carboxylic acids is 2. The first kappa shape index (κ1) is 14.8. The number of carbonyl (C=O) groups is 2. The molecule has 1 atom stereocenters. The third kappa shape index (κ3) is 2.78. The van der Waals surface area contributed by atoms with E-state index in [9.17, 15) is 14.4 Å². The molecule has 23 heavy (non-hydrogen) atoms. The van der Waals surface area contributed by atoms with E-state index >= 15 is 0 Å². The number of likely N-dealkylation sites (N-methyl/N-ethyl adjacent to an activating group) is 1. The van der Waals surface area contributed by atoms with Crippen LogP contribution >= 0.6 is 0 Å². The predicted molar refractivity (Wildman–Crippen MR) is 82.8 cm³/mol. The monoisotopic (exact) mass is 314 g/mol. The normalized spacial score (nSPS) is 16.5. The molecule has 2 heterocycles. The Morgan fingerprint density at radius 3 is 2.78 bits per heavy atom. The molecule has 1 aromatic heterocycles. The van der Waals surface area contributed by atoms with Crippen LogP contribution in [0.4, 0.5) is 11.4 Å². The van der Waals surface area contributed by atoms with Crippen LogP contribution in [0.25, 0.3) is 0 Å². The van der Waals surface area contributed by atoms with Crippen LogP contribution in [0.3, 0.4) is 0 Å². The smallest absolute Gasteiger partial charge is 0.276 e. The molecule has 2 amide bonds. The second kappa shape index (κ2) is 5.56. The predicted octanol–water partition coefficient (Wildman–Crippen LogP) is 0.766. The van der Waals surface area contributed by atoms with Crippen molar-refractivity contribution in [2.75, 3.05) is 17.3 Å². The van der Waals surface area contributed by atoms with E-state index in [-0.39, 0.29) is 17.2 Å². The molecule has 118 valence electrons. The quantitative estimate of drug-likeness (QED) is 0.852. The number of aromatic amines is 1. The van der Waals surface area contributed by atoms with Gasteiger partial charge in [-0.15, -0.1) is 0 Å². The van der Waals surface area contributed by atoms with Gasteiger partial charge in [-0.05, 0) is 31.2 Å². The maximum atomic E-state index is 12.1. The van der Waals surface area contributed by atoms with Crippen LogP contribution in [0.5, 0.6) is 5.75 Å². The van der Waals surface area contributed by atoms with Gasteiger partial charge in [-0.1, -0.05) is 0 Å². The summed E-state index contributed by atoms with van der Waals surface area (Å²) < 4.78 is 5.52. The molecule has 8 nitrogen and oxygen atoms in total. The lowest BCUT2D eigenvalue weighted by Gasteiger charge is -2.30. The lowest BCUT2D eigenvalue weighted by Crippen LogP contribution is -2.41. The minimum atomic E-state index is -0.543. The highest BCUT2D eigenvalue weighted by atomic mass is 16.5. The van der Waals surface area contributed by atoms with Crippen LogP contribution in [0.2, 0.25) is 0 Å². The number of nitrogens with one attached hydrogen (secondary N) is 2. The molecule has 0 spiro atoms. The number of anilines is 2. The first-order valence-electron chi connectivity index (χ1n) is 6.91. The number of ether oxygens (including phenoxy) is 1. The van der Waals surface area contributed by atoms with E-state index in [1.807, 2.05) is 0 Å². The van der Waals surface area contributed by atoms with Gasteiger partial charge in [0.15, 0.2) is 6.10 Å². The molecule has 0 saturated carbocycles. The zero-order valence-electron chi connectivity index (χ0n) is 12.5. The summed E-state index contributed by atoms with van der Waals surface area (Å²) in [6.45, 7) is 1.68. The van der Waals surface area contributed by atoms with Crippen LogP contribution in [0, 0.1) is 0 Å². The molecule has 1 aliphatic rings. The van der Waals surface area contributed by atoms with Crippen molar-refractivity contribution in [2.45, 2.75) is 13.0 Å². The number of hydrogen-bond acceptors (Lipinski definition) is 5. The van der Waals surface area contributed by atoms with Gasteiger partial charge in [-0.2, -0.15) is 5.10 Å². The number of nitrogens with zero attached hydrogens (tertiary/aromatic N) is 2. The molecular weight excluding hydrogens is 300 g/mol. The molecular formula is C15H14N4O4. The summed E-state index contributed by atoms with van der Waals surface area (Å²) in [7, 11) is 1.65. The second-order valence-electron chi connectivity index (χ2n) is 5.10. The first-order chi connectivity index (χ1) is 11.0. The topological polar surface area (TPSA) is 104 Å². The molecule has 2 aromatic rings. The van der Waals surface area contributed by atoms with Gasteiger partial charge < -0.3 is 15.0 Å². The first-order valence-corrected chi connectivity index (χ1v) is 6.91. The van der Waals surface area contributed by atoms with Gasteiger partial charge in [-0.25, -0.2) is 5.10 Å². The van der Waals surface area contributed by atoms with Gasteiger partial charge >= 0.3 is 0 Å². The van der Waals surface area contributed by atoms with Crippen molar-refractivity contribution in [2.24, 2.45) is 0 Å². The van der Waals surface area contributed by atoms with E-state index in [4.69, 9.17) is 4.74 Å². The van der Waals surface area contributed by atoms with E-state index in [1.54, 1.807) is 32.2 Å². The van der Waals surface area contributed by atoms with Crippen molar-refractivity contribution < 1.29 is 14.3 Å². The lowest BCUT2D eigenvalue weighted by molar-refractivity contribution is -0.125. The van der Waals surface area contributed by atoms with Gasteiger partial charge in [0.2, 0.25) is 0 Å². The lowest BCUT2D eigenvalue weighted by atomic mass is 10.2. The number of aromatic nitrogens is 2. The summed E-state index contributed by atoms with van der Waals surface area (Å²) in [5, 5.41) is 8.51. The molecule has 1 unspecified atom stereocenters. The highest BCUT2D eigenvalue weighted by molar-refractivity contribution is 6.04. The van der Waals surface area contributed by atoms with Gasteiger partial charge in [0.05, 0.1) is 5.69 Å². The van der Waals surface area contributed by atoms with Gasteiger partial charge in [0, 0.05) is 18.8 Å². The number of H-pyrrole nitrogens is 1. The van der Waals surface area contributed by atoms with E-state index in [1.165, 1.54) is 17.0 Å². The fourth-order valence-electron chi connectivity index (χ4n) is 2.26. The van der Waals surface area contributed by atoms with Crippen molar-refractivity contribution in [3.63, 3.8) is 0 Å². The van der Waals surface area contributed by atoms with Crippen molar-refractivity contribution in [1.29, 1.82) is 0 Å². The Kier molecular flexibility index (Phi) is 3.57. The summed E-state index contributed by atoms with van der Waals surface area (Å²) in [6, 6.07) is 7.54. The summed E-state index contributed by atoms with van der Waals surface area (Å²) in [5.41, 5.74) is 0.748. The summed E-state index contributed by atoms with van der Waals surface area (Å²) in [5.74, 6) is -0.0664. The Morgan fingerprint density at radius 1 is 1.30 bits per heavy atom. The Balaban J connectivity index is 1.85. The van der Waals surface area contributed by atoms with Crippen molar-refractivity contribution in [3.05, 3.63) is 46.4 Å². The van der Waals surface area contributed by atoms with Gasteiger partial charge in [0.1, 0.15) is 11.4 Å². The molecule has 2 N–H and O–H groups in total. The number of rotatable bonds is 2. The van der Waals surface area contributed by atoms with E-state index in [0.717, 1.165) is 0 Å². The third-order valence-corrected chi connectivity index (χ3v) is 3.47. The van der Waals surface area contributed by atoms with Crippen molar-refractivity contribution in [1.82, 2.24) is 10.2 Å². The van der Waals surface area contributed by atoms with Crippen LogP contribution in [-0.4, -0.2) is 35.2 Å². The maximum Gasteiger partial charge on any atom is 0.276 e. The Morgan fingerprint density at radius 2 is 2.09 bits per heavy atom. The molecule has 3 rings (SSSR count). The molecule has 1 aromatic carbocycles. The zero-order chi connectivity index (χ0) is 16.6. The van der Waals surface area contributed by atoms with Crippen LogP contribution in [-0.2, 0) is 4.79 Å². The highest BCUT2D eigenvalue weighted by Gasteiger charge is 2.29. The van der Waals surface area contributed by atoms with E-state index < -0.39 is 12.0 Å². The molecule has 0 saturated heterocycles. The SMILES string of the molecule is CC1Oc2ccc(NC(=O)c3ccc(=O)[nH]n3)cc2N(C)C1=O. The molecule has 0 radical (unpaired) electrons. The molecule has 0 bridgehead atoms. The fourth-order valence-corrected chi connectivity index (χ4v) is 2.26. The second-order valence-corrected chi connectivity index (χ2v) is 5.10. The number of amides is 2. The Hall–Kier alpha value is -3.16. The summed E-state index contributed by atoms with van der Waals surface area (Å²) in [6.07, 6.45) is -0.543. The highest BCUT2D eigenvalue weighted by Crippen LogP contribution is 2.35. The fraction of sp³-hybridized carbons (Fsp3) is 0.200. The maximum absolute atomic E-state index is 12.1. The molecule has 8 heteroatoms. The standard InChI is InChI=1S/C15H14N4O4/c1-8-15(22)19(2)11-7-9(3-5-12(11)23-8)16-14(21)10-4-6-13(20)18-17-10/h3-8H,1-2H3,(H,16,21)(H,18,20). The number of fused-ring (bicyclic) bond motifs is 1. The average Bonchev–Trinajstić information content (AvgIpc) is 2.54. The van der Waals surface area contributed by atoms with Crippen LogP contribution in [0.15, 0.2) is 35.1 Å². The summed E-state index contributed by atoms with van der Waals surface area (Å²) in [4.78, 5) is 36.5. The zero-order valence-corrected chi connectivity index (χ0v) is 12.5. The summed E-state index contributed by atoms with van der Waals surface area (Å²) >= 11 is 0. The van der Waals surface area contributed by atoms with Crippen molar-refractivity contribution >= 4 is 23.2 Å². The third-order valence-electron chi connectivity index (χ3n) is 3.47. The van der Waals surface area contributed by atoms with Crippen molar-refractivity contribution in [3.8, 4) is 5.75 Å².